The molecule has 0 amide bonds. The zero-order chi connectivity index (χ0) is 14.5. The molecule has 0 bridgehead atoms. The molecule has 1 saturated carbocycles. The fourth-order valence-electron chi connectivity index (χ4n) is 2.75. The van der Waals surface area contributed by atoms with Crippen molar-refractivity contribution in [2.24, 2.45) is 0 Å². The van der Waals surface area contributed by atoms with Gasteiger partial charge in [-0.25, -0.2) is 0 Å². The predicted octanol–water partition coefficient (Wildman–Crippen LogP) is 3.16. The maximum absolute atomic E-state index is 5.39. The Morgan fingerprint density at radius 3 is 2.90 bits per heavy atom. The highest BCUT2D eigenvalue weighted by Gasteiger charge is 2.15. The van der Waals surface area contributed by atoms with Crippen LogP contribution in [-0.2, 0) is 6.54 Å². The van der Waals surface area contributed by atoms with E-state index in [9.17, 15) is 0 Å². The summed E-state index contributed by atoms with van der Waals surface area (Å²) in [7, 11) is 0. The average Bonchev–Trinajstić information content (AvgIpc) is 3.12. The molecule has 0 atom stereocenters. The van der Waals surface area contributed by atoms with Crippen molar-refractivity contribution in [3.8, 4) is 0 Å². The van der Waals surface area contributed by atoms with Crippen molar-refractivity contribution >= 4 is 23.0 Å². The van der Waals surface area contributed by atoms with Crippen LogP contribution in [0, 0.1) is 0 Å². The van der Waals surface area contributed by atoms with Crippen molar-refractivity contribution in [1.82, 2.24) is 15.1 Å². The SMILES string of the molecule is S=C(Nc1cccc(Cn2cccn2)c1)NC1CCCC1. The molecule has 1 heterocycles. The first kappa shape index (κ1) is 14.1. The fourth-order valence-corrected chi connectivity index (χ4v) is 3.04. The third kappa shape index (κ3) is 4.04. The molecule has 1 aliphatic rings. The van der Waals surface area contributed by atoms with Crippen LogP contribution in [0.5, 0.6) is 0 Å². The Bertz CT molecular complexity index is 588. The van der Waals surface area contributed by atoms with Crippen LogP contribution in [0.4, 0.5) is 5.69 Å². The van der Waals surface area contributed by atoms with Crippen molar-refractivity contribution in [2.75, 3.05) is 5.32 Å². The summed E-state index contributed by atoms with van der Waals surface area (Å²) in [6, 6.07) is 10.8. The Balaban J connectivity index is 1.58. The monoisotopic (exact) mass is 300 g/mol. The van der Waals surface area contributed by atoms with Crippen LogP contribution in [0.3, 0.4) is 0 Å². The molecule has 3 rings (SSSR count). The molecule has 1 aromatic carbocycles. The summed E-state index contributed by atoms with van der Waals surface area (Å²) in [5, 5.41) is 11.6. The summed E-state index contributed by atoms with van der Waals surface area (Å²) in [6.45, 7) is 0.769. The number of nitrogens with zero attached hydrogens (tertiary/aromatic N) is 2. The number of rotatable bonds is 4. The van der Waals surface area contributed by atoms with Gasteiger partial charge >= 0.3 is 0 Å². The second-order valence-electron chi connectivity index (χ2n) is 5.48. The normalized spacial score (nSPS) is 15.0. The summed E-state index contributed by atoms with van der Waals surface area (Å²) >= 11 is 5.39. The zero-order valence-electron chi connectivity index (χ0n) is 12.0. The summed E-state index contributed by atoms with van der Waals surface area (Å²) in [5.41, 5.74) is 2.22. The van der Waals surface area contributed by atoms with E-state index in [1.165, 1.54) is 31.2 Å². The lowest BCUT2D eigenvalue weighted by Gasteiger charge is -2.16. The molecule has 110 valence electrons. The highest BCUT2D eigenvalue weighted by molar-refractivity contribution is 7.80. The second kappa shape index (κ2) is 6.72. The van der Waals surface area contributed by atoms with Crippen LogP contribution in [0.1, 0.15) is 31.2 Å². The number of thiocarbonyl (C=S) groups is 1. The van der Waals surface area contributed by atoms with Crippen molar-refractivity contribution in [1.29, 1.82) is 0 Å². The van der Waals surface area contributed by atoms with Crippen LogP contribution < -0.4 is 10.6 Å². The predicted molar refractivity (Wildman–Crippen MR) is 89.4 cm³/mol. The van der Waals surface area contributed by atoms with Crippen LogP contribution >= 0.6 is 12.2 Å². The molecule has 5 heteroatoms. The van der Waals surface area contributed by atoms with Crippen molar-refractivity contribution in [3.63, 3.8) is 0 Å². The lowest BCUT2D eigenvalue weighted by Crippen LogP contribution is -2.35. The molecule has 21 heavy (non-hydrogen) atoms. The van der Waals surface area contributed by atoms with Crippen LogP contribution in [-0.4, -0.2) is 20.9 Å². The lowest BCUT2D eigenvalue weighted by molar-refractivity contribution is 0.634. The largest absolute Gasteiger partial charge is 0.360 e. The highest BCUT2D eigenvalue weighted by atomic mass is 32.1. The molecule has 0 spiro atoms. The number of benzene rings is 1. The van der Waals surface area contributed by atoms with Gasteiger partial charge in [-0.2, -0.15) is 5.10 Å². The smallest absolute Gasteiger partial charge is 0.170 e. The molecule has 2 N–H and O–H groups in total. The quantitative estimate of drug-likeness (QED) is 0.851. The lowest BCUT2D eigenvalue weighted by atomic mass is 10.2. The van der Waals surface area contributed by atoms with E-state index in [0.29, 0.717) is 6.04 Å². The van der Waals surface area contributed by atoms with E-state index in [-0.39, 0.29) is 0 Å². The van der Waals surface area contributed by atoms with Gasteiger partial charge in [0.05, 0.1) is 6.54 Å². The molecular formula is C16H20N4S. The number of nitrogens with one attached hydrogen (secondary N) is 2. The average molecular weight is 300 g/mol. The number of anilines is 1. The van der Waals surface area contributed by atoms with Gasteiger partial charge in [-0.15, -0.1) is 0 Å². The summed E-state index contributed by atoms with van der Waals surface area (Å²) in [6.07, 6.45) is 8.82. The molecule has 0 unspecified atom stereocenters. The third-order valence-electron chi connectivity index (χ3n) is 3.78. The third-order valence-corrected chi connectivity index (χ3v) is 4.00. The maximum Gasteiger partial charge on any atom is 0.170 e. The van der Waals surface area contributed by atoms with Gasteiger partial charge in [0.1, 0.15) is 0 Å². The Morgan fingerprint density at radius 2 is 2.14 bits per heavy atom. The molecule has 0 aliphatic heterocycles. The summed E-state index contributed by atoms with van der Waals surface area (Å²) in [4.78, 5) is 0. The first-order valence-electron chi connectivity index (χ1n) is 7.43. The molecule has 0 radical (unpaired) electrons. The number of aromatic nitrogens is 2. The minimum atomic E-state index is 0.539. The van der Waals surface area contributed by atoms with Crippen molar-refractivity contribution in [2.45, 2.75) is 38.3 Å². The van der Waals surface area contributed by atoms with Gasteiger partial charge in [0.25, 0.3) is 0 Å². The van der Waals surface area contributed by atoms with E-state index in [0.717, 1.165) is 17.3 Å². The van der Waals surface area contributed by atoms with Crippen LogP contribution in [0.2, 0.25) is 0 Å². The van der Waals surface area contributed by atoms with E-state index in [1.54, 1.807) is 6.20 Å². The highest BCUT2D eigenvalue weighted by Crippen LogP contribution is 2.18. The van der Waals surface area contributed by atoms with E-state index in [4.69, 9.17) is 12.2 Å². The standard InChI is InChI=1S/C16H20N4S/c21-16(18-14-6-1-2-7-14)19-15-8-3-5-13(11-15)12-20-10-4-9-17-20/h3-5,8-11,14H,1-2,6-7,12H2,(H2,18,19,21). The van der Waals surface area contributed by atoms with E-state index < -0.39 is 0 Å². The molecule has 1 aromatic heterocycles. The first-order valence-corrected chi connectivity index (χ1v) is 7.84. The molecule has 4 nitrogen and oxygen atoms in total. The number of hydrogen-bond acceptors (Lipinski definition) is 2. The van der Waals surface area contributed by atoms with Crippen molar-refractivity contribution in [3.05, 3.63) is 48.3 Å². The summed E-state index contributed by atoms with van der Waals surface area (Å²) < 4.78 is 1.91. The Morgan fingerprint density at radius 1 is 1.29 bits per heavy atom. The molecule has 1 aliphatic carbocycles. The minimum absolute atomic E-state index is 0.539. The van der Waals surface area contributed by atoms with Crippen LogP contribution in [0.15, 0.2) is 42.7 Å². The van der Waals surface area contributed by atoms with Gasteiger partial charge in [-0.3, -0.25) is 4.68 Å². The van der Waals surface area contributed by atoms with Gasteiger partial charge in [0, 0.05) is 24.1 Å². The van der Waals surface area contributed by atoms with Crippen molar-refractivity contribution < 1.29 is 0 Å². The van der Waals surface area contributed by atoms with Gasteiger partial charge in [0.2, 0.25) is 0 Å². The molecule has 2 aromatic rings. The van der Waals surface area contributed by atoms with E-state index in [1.807, 2.05) is 29.1 Å². The Labute approximate surface area is 130 Å². The Kier molecular flexibility index (Phi) is 4.50. The maximum atomic E-state index is 5.39. The first-order chi connectivity index (χ1) is 10.3. The Hall–Kier alpha value is -1.88. The topological polar surface area (TPSA) is 41.9 Å². The molecule has 0 saturated heterocycles. The van der Waals surface area contributed by atoms with Gasteiger partial charge in [-0.1, -0.05) is 25.0 Å². The van der Waals surface area contributed by atoms with Gasteiger partial charge < -0.3 is 10.6 Å². The fraction of sp³-hybridized carbons (Fsp3) is 0.375. The second-order valence-corrected chi connectivity index (χ2v) is 5.89. The van der Waals surface area contributed by atoms with Gasteiger partial charge in [0.15, 0.2) is 5.11 Å². The minimum Gasteiger partial charge on any atom is -0.360 e. The molecule has 1 fully saturated rings. The van der Waals surface area contributed by atoms with Gasteiger partial charge in [-0.05, 0) is 48.8 Å². The summed E-state index contributed by atoms with van der Waals surface area (Å²) in [5.74, 6) is 0. The zero-order valence-corrected chi connectivity index (χ0v) is 12.8. The van der Waals surface area contributed by atoms with Crippen LogP contribution in [0.25, 0.3) is 0 Å². The number of hydrogen-bond donors (Lipinski definition) is 2. The molecular weight excluding hydrogens is 280 g/mol. The van der Waals surface area contributed by atoms with E-state index in [2.05, 4.69) is 27.9 Å². The van der Waals surface area contributed by atoms with E-state index >= 15 is 0 Å².